The normalized spacial score (nSPS) is 26.4. The van der Waals surface area contributed by atoms with Gasteiger partial charge in [-0.05, 0) is 30.7 Å². The molecule has 0 unspecified atom stereocenters. The van der Waals surface area contributed by atoms with Crippen LogP contribution in [-0.2, 0) is 11.3 Å². The van der Waals surface area contributed by atoms with Gasteiger partial charge in [0.15, 0.2) is 11.5 Å². The molecule has 3 aliphatic rings. The van der Waals surface area contributed by atoms with Gasteiger partial charge in [-0.25, -0.2) is 0 Å². The smallest absolute Gasteiger partial charge is 0.308 e. The number of benzene rings is 1. The molecular formula is C18H23NO5. The van der Waals surface area contributed by atoms with Crippen LogP contribution in [0.15, 0.2) is 12.1 Å². The Bertz CT molecular complexity index is 643. The molecular weight excluding hydrogens is 310 g/mol. The van der Waals surface area contributed by atoms with Crippen LogP contribution in [0, 0.1) is 17.8 Å². The number of aliphatic carboxylic acids is 1. The van der Waals surface area contributed by atoms with E-state index in [-0.39, 0.29) is 11.8 Å². The molecule has 0 spiro atoms. The number of carbonyl (C=O) groups is 1. The van der Waals surface area contributed by atoms with Gasteiger partial charge in [-0.15, -0.1) is 0 Å². The first-order valence-electron chi connectivity index (χ1n) is 8.57. The Morgan fingerprint density at radius 3 is 2.58 bits per heavy atom. The van der Waals surface area contributed by atoms with Gasteiger partial charge in [0.1, 0.15) is 19.0 Å². The summed E-state index contributed by atoms with van der Waals surface area (Å²) in [6.45, 7) is 3.22. The molecule has 0 radical (unpaired) electrons. The lowest BCUT2D eigenvalue weighted by atomic mass is 9.92. The van der Waals surface area contributed by atoms with Crippen molar-refractivity contribution in [3.63, 3.8) is 0 Å². The van der Waals surface area contributed by atoms with Crippen LogP contribution in [0.5, 0.6) is 17.2 Å². The van der Waals surface area contributed by atoms with Gasteiger partial charge in [0, 0.05) is 31.3 Å². The summed E-state index contributed by atoms with van der Waals surface area (Å²) in [5, 5.41) is 9.52. The molecule has 4 rings (SSSR count). The number of ether oxygens (including phenoxy) is 3. The quantitative estimate of drug-likeness (QED) is 0.889. The van der Waals surface area contributed by atoms with Crippen LogP contribution in [0.3, 0.4) is 0 Å². The number of carboxylic acid groups (broad SMARTS) is 1. The number of hydrogen-bond donors (Lipinski definition) is 1. The van der Waals surface area contributed by atoms with Crippen LogP contribution >= 0.6 is 0 Å². The predicted molar refractivity (Wildman–Crippen MR) is 86.6 cm³/mol. The molecule has 2 aliphatic heterocycles. The number of hydrogen-bond acceptors (Lipinski definition) is 5. The van der Waals surface area contributed by atoms with Crippen LogP contribution < -0.4 is 14.2 Å². The molecule has 0 bridgehead atoms. The maximum absolute atomic E-state index is 11.6. The molecule has 1 aliphatic carbocycles. The highest BCUT2D eigenvalue weighted by Crippen LogP contribution is 2.45. The summed E-state index contributed by atoms with van der Waals surface area (Å²) in [5.41, 5.74) is 1.02. The van der Waals surface area contributed by atoms with Gasteiger partial charge in [-0.3, -0.25) is 9.69 Å². The molecule has 0 aromatic heterocycles. The summed E-state index contributed by atoms with van der Waals surface area (Å²) in [7, 11) is 1.64. The van der Waals surface area contributed by atoms with E-state index in [9.17, 15) is 9.90 Å². The standard InChI is InChI=1S/C18H23NO5/c1-22-15-7-17-16(23-4-5-24-17)6-12(15)8-19-9-13(11-2-3-11)14(10-19)18(20)21/h6-7,11,13-14H,2-5,8-10H2,1H3,(H,20,21)/t13-,14+/m1/s1. The third kappa shape index (κ3) is 2.90. The average molecular weight is 333 g/mol. The minimum atomic E-state index is -0.663. The number of likely N-dealkylation sites (tertiary alicyclic amines) is 1. The van der Waals surface area contributed by atoms with Gasteiger partial charge < -0.3 is 19.3 Å². The third-order valence-electron chi connectivity index (χ3n) is 5.32. The number of fused-ring (bicyclic) bond motifs is 1. The largest absolute Gasteiger partial charge is 0.496 e. The first kappa shape index (κ1) is 15.6. The minimum Gasteiger partial charge on any atom is -0.496 e. The molecule has 2 atom stereocenters. The predicted octanol–water partition coefficient (Wildman–Crippen LogP) is 2.01. The van der Waals surface area contributed by atoms with Crippen molar-refractivity contribution in [1.82, 2.24) is 4.90 Å². The number of carboxylic acids is 1. The van der Waals surface area contributed by atoms with E-state index in [1.165, 1.54) is 12.8 Å². The highest BCUT2D eigenvalue weighted by atomic mass is 16.6. The van der Waals surface area contributed by atoms with E-state index in [0.717, 1.165) is 23.6 Å². The van der Waals surface area contributed by atoms with Gasteiger partial charge in [0.05, 0.1) is 13.0 Å². The highest BCUT2D eigenvalue weighted by Gasteiger charge is 2.45. The van der Waals surface area contributed by atoms with Crippen LogP contribution in [0.4, 0.5) is 0 Å². The average Bonchev–Trinajstić information content (AvgIpc) is 3.34. The number of rotatable bonds is 5. The maximum Gasteiger partial charge on any atom is 0.308 e. The monoisotopic (exact) mass is 333 g/mol. The molecule has 6 heteroatoms. The topological polar surface area (TPSA) is 68.2 Å². The van der Waals surface area contributed by atoms with Gasteiger partial charge in [0.2, 0.25) is 0 Å². The molecule has 0 amide bonds. The van der Waals surface area contributed by atoms with E-state index in [1.54, 1.807) is 7.11 Å². The Morgan fingerprint density at radius 1 is 1.25 bits per heavy atom. The summed E-state index contributed by atoms with van der Waals surface area (Å²) in [6, 6.07) is 3.83. The molecule has 2 fully saturated rings. The van der Waals surface area contributed by atoms with Crippen molar-refractivity contribution in [1.29, 1.82) is 0 Å². The zero-order chi connectivity index (χ0) is 16.7. The Hall–Kier alpha value is -1.95. The SMILES string of the molecule is COc1cc2c(cc1CN1C[C@H](C(=O)O)[C@@H](C3CC3)C1)OCCO2. The van der Waals surface area contributed by atoms with Crippen molar-refractivity contribution in [3.05, 3.63) is 17.7 Å². The summed E-state index contributed by atoms with van der Waals surface area (Å²) < 4.78 is 16.8. The van der Waals surface area contributed by atoms with Crippen LogP contribution in [0.1, 0.15) is 18.4 Å². The molecule has 1 aromatic carbocycles. The van der Waals surface area contributed by atoms with Gasteiger partial charge >= 0.3 is 5.97 Å². The van der Waals surface area contributed by atoms with Crippen molar-refractivity contribution in [3.8, 4) is 17.2 Å². The Kier molecular flexibility index (Phi) is 4.00. The summed E-state index contributed by atoms with van der Waals surface area (Å²) in [4.78, 5) is 13.8. The molecule has 1 N–H and O–H groups in total. The minimum absolute atomic E-state index is 0.249. The first-order chi connectivity index (χ1) is 11.7. The van der Waals surface area contributed by atoms with Gasteiger partial charge in [0.25, 0.3) is 0 Å². The molecule has 1 aromatic rings. The van der Waals surface area contributed by atoms with E-state index >= 15 is 0 Å². The lowest BCUT2D eigenvalue weighted by Crippen LogP contribution is -2.24. The summed E-state index contributed by atoms with van der Waals surface area (Å²) in [6.07, 6.45) is 2.35. The van der Waals surface area contributed by atoms with Gasteiger partial charge in [-0.2, -0.15) is 0 Å². The number of methoxy groups -OCH3 is 1. The zero-order valence-corrected chi connectivity index (χ0v) is 13.9. The van der Waals surface area contributed by atoms with E-state index in [2.05, 4.69) is 4.90 Å². The van der Waals surface area contributed by atoms with Crippen LogP contribution in [-0.4, -0.2) is 49.4 Å². The van der Waals surface area contributed by atoms with E-state index < -0.39 is 5.97 Å². The van der Waals surface area contributed by atoms with Crippen molar-refractivity contribution in [2.24, 2.45) is 17.8 Å². The second-order valence-electron chi connectivity index (χ2n) is 6.95. The second-order valence-corrected chi connectivity index (χ2v) is 6.95. The van der Waals surface area contributed by atoms with Crippen molar-refractivity contribution in [2.45, 2.75) is 19.4 Å². The Labute approximate surface area is 141 Å². The molecule has 24 heavy (non-hydrogen) atoms. The second kappa shape index (κ2) is 6.16. The van der Waals surface area contributed by atoms with Crippen LogP contribution in [0.2, 0.25) is 0 Å². The van der Waals surface area contributed by atoms with Crippen molar-refractivity contribution >= 4 is 5.97 Å². The van der Waals surface area contributed by atoms with Crippen LogP contribution in [0.25, 0.3) is 0 Å². The number of nitrogens with zero attached hydrogens (tertiary/aromatic N) is 1. The Balaban J connectivity index is 1.53. The van der Waals surface area contributed by atoms with E-state index in [0.29, 0.717) is 38.0 Å². The molecule has 1 saturated heterocycles. The fraction of sp³-hybridized carbons (Fsp3) is 0.611. The summed E-state index contributed by atoms with van der Waals surface area (Å²) >= 11 is 0. The van der Waals surface area contributed by atoms with Crippen molar-refractivity contribution < 1.29 is 24.1 Å². The lowest BCUT2D eigenvalue weighted by molar-refractivity contribution is -0.142. The van der Waals surface area contributed by atoms with E-state index in [4.69, 9.17) is 14.2 Å². The fourth-order valence-electron chi connectivity index (χ4n) is 3.97. The highest BCUT2D eigenvalue weighted by molar-refractivity contribution is 5.71. The molecule has 2 heterocycles. The Morgan fingerprint density at radius 2 is 1.96 bits per heavy atom. The molecule has 1 saturated carbocycles. The zero-order valence-electron chi connectivity index (χ0n) is 13.9. The summed E-state index contributed by atoms with van der Waals surface area (Å²) in [5.74, 6) is 2.18. The molecule has 130 valence electrons. The van der Waals surface area contributed by atoms with E-state index in [1.807, 2.05) is 12.1 Å². The van der Waals surface area contributed by atoms with Crippen molar-refractivity contribution in [2.75, 3.05) is 33.4 Å². The third-order valence-corrected chi connectivity index (χ3v) is 5.32. The first-order valence-corrected chi connectivity index (χ1v) is 8.57. The fourth-order valence-corrected chi connectivity index (χ4v) is 3.97. The van der Waals surface area contributed by atoms with Gasteiger partial charge in [-0.1, -0.05) is 0 Å². The molecule has 6 nitrogen and oxygen atoms in total. The lowest BCUT2D eigenvalue weighted by Gasteiger charge is -2.23. The maximum atomic E-state index is 11.6.